The monoisotopic (exact) mass is 320 g/mol. The Hall–Kier alpha value is -0.635. The van der Waals surface area contributed by atoms with Crippen molar-refractivity contribution in [3.8, 4) is 0 Å². The molecule has 1 N–H and O–H groups in total. The number of hydrogen-bond donors (Lipinski definition) is 1. The van der Waals surface area contributed by atoms with Gasteiger partial charge in [0.05, 0.1) is 0 Å². The molecule has 9 heteroatoms. The van der Waals surface area contributed by atoms with E-state index in [0.717, 1.165) is 14.1 Å². The van der Waals surface area contributed by atoms with Gasteiger partial charge in [-0.2, -0.15) is 0 Å². The van der Waals surface area contributed by atoms with Gasteiger partial charge in [0, 0.05) is 0 Å². The van der Waals surface area contributed by atoms with E-state index in [-0.39, 0.29) is 6.54 Å². The van der Waals surface area contributed by atoms with Crippen molar-refractivity contribution >= 4 is 7.21 Å². The van der Waals surface area contributed by atoms with Gasteiger partial charge in [-0.05, 0) is 0 Å². The number of methoxy groups -OCH3 is 2. The number of rotatable bonds is 4. The van der Waals surface area contributed by atoms with Crippen molar-refractivity contribution in [2.45, 2.75) is 50.5 Å². The maximum atomic E-state index is 14.0. The predicted octanol–water partition coefficient (Wildman–Crippen LogP) is 1.46. The first-order valence-electron chi connectivity index (χ1n) is 7.18. The molecule has 5 atom stereocenters. The van der Waals surface area contributed by atoms with E-state index in [4.69, 9.17) is 24.3 Å². The summed E-state index contributed by atoms with van der Waals surface area (Å²) in [4.78, 5) is 1.50. The van der Waals surface area contributed by atoms with Crippen molar-refractivity contribution in [1.82, 2.24) is 4.81 Å². The second-order valence-electron chi connectivity index (χ2n) is 6.18. The number of ether oxygens (including phenoxy) is 4. The summed E-state index contributed by atoms with van der Waals surface area (Å²) in [6.07, 6.45) is -1.48. The molecule has 2 aliphatic rings. The van der Waals surface area contributed by atoms with E-state index in [9.17, 15) is 8.78 Å². The number of piperidine rings is 1. The first kappa shape index (κ1) is 17.7. The van der Waals surface area contributed by atoms with Crippen LogP contribution in [0.1, 0.15) is 20.8 Å². The minimum absolute atomic E-state index is 0.0288. The molecule has 2 aliphatic heterocycles. The van der Waals surface area contributed by atoms with Crippen molar-refractivity contribution in [3.63, 3.8) is 0 Å². The van der Waals surface area contributed by atoms with Crippen LogP contribution in [-0.4, -0.2) is 69.0 Å². The molecule has 0 unspecified atom stereocenters. The first-order chi connectivity index (χ1) is 10.1. The molecule has 0 aromatic heterocycles. The molecule has 0 bridgehead atoms. The van der Waals surface area contributed by atoms with Crippen LogP contribution in [0.2, 0.25) is 0 Å². The van der Waals surface area contributed by atoms with Crippen molar-refractivity contribution in [3.05, 3.63) is 0 Å². The van der Waals surface area contributed by atoms with Crippen molar-refractivity contribution in [2.24, 2.45) is 5.92 Å². The summed E-state index contributed by atoms with van der Waals surface area (Å²) in [7, 11) is 3.92. The van der Waals surface area contributed by atoms with Gasteiger partial charge in [0.25, 0.3) is 0 Å². The topological polar surface area (TPSA) is 64.0 Å². The van der Waals surface area contributed by atoms with Gasteiger partial charge in [-0.25, -0.2) is 0 Å². The SMILES string of the molecule is CO[C@@]1(C)O[C@H]2[C@@H](CN(B=N)C[C@@H]2C(C)(F)F)O[C@]1(C)OC. The average molecular weight is 320 g/mol. The molecule has 126 valence electrons. The molecule has 0 spiro atoms. The van der Waals surface area contributed by atoms with Crippen LogP contribution in [0.15, 0.2) is 0 Å². The standard InChI is InChI=1S/C13H23BF2N2O4/c1-11(15,16)8-6-18(14-17)7-9-10(8)22-13(3,20-5)12(2,19-4)21-9/h8-10,17H,6-7H2,1-5H3/t8-,9+,10+,12-,13-/m0/s1. The van der Waals surface area contributed by atoms with Crippen LogP contribution < -0.4 is 0 Å². The quantitative estimate of drug-likeness (QED) is 0.795. The summed E-state index contributed by atoms with van der Waals surface area (Å²) in [5, 5.41) is 7.36. The maximum absolute atomic E-state index is 14.0. The fourth-order valence-electron chi connectivity index (χ4n) is 3.07. The molecule has 0 radical (unpaired) electrons. The van der Waals surface area contributed by atoms with Crippen molar-refractivity contribution in [1.29, 1.82) is 5.31 Å². The number of fused-ring (bicyclic) bond motifs is 1. The van der Waals surface area contributed by atoms with Crippen LogP contribution in [0, 0.1) is 11.2 Å². The Morgan fingerprint density at radius 3 is 2.18 bits per heavy atom. The molecule has 2 fully saturated rings. The van der Waals surface area contributed by atoms with Crippen LogP contribution >= 0.6 is 0 Å². The molecule has 2 rings (SSSR count). The number of nitrogens with zero attached hydrogens (tertiary/aromatic N) is 1. The molecule has 0 aromatic carbocycles. The summed E-state index contributed by atoms with van der Waals surface area (Å²) in [5.74, 6) is -6.62. The predicted molar refractivity (Wildman–Crippen MR) is 74.7 cm³/mol. The summed E-state index contributed by atoms with van der Waals surface area (Å²) in [6.45, 7) is 4.44. The van der Waals surface area contributed by atoms with Crippen molar-refractivity contribution < 1.29 is 27.7 Å². The second kappa shape index (κ2) is 5.77. The molecule has 0 aromatic rings. The zero-order valence-corrected chi connectivity index (χ0v) is 13.6. The fourth-order valence-corrected chi connectivity index (χ4v) is 3.07. The van der Waals surface area contributed by atoms with E-state index in [1.807, 2.05) is 0 Å². The third-order valence-corrected chi connectivity index (χ3v) is 4.78. The van der Waals surface area contributed by atoms with E-state index in [1.165, 1.54) is 19.0 Å². The Kier molecular flexibility index (Phi) is 4.65. The summed E-state index contributed by atoms with van der Waals surface area (Å²) in [6, 6.07) is 0. The first-order valence-corrected chi connectivity index (χ1v) is 7.18. The molecular weight excluding hydrogens is 297 g/mol. The average Bonchev–Trinajstić information content (AvgIpc) is 2.46. The normalized spacial score (nSPS) is 42.7. The second-order valence-corrected chi connectivity index (χ2v) is 6.18. The zero-order valence-electron chi connectivity index (χ0n) is 13.6. The zero-order chi connectivity index (χ0) is 16.8. The Bertz CT molecular complexity index is 439. The fraction of sp³-hybridized carbons (Fsp3) is 1.00. The summed E-state index contributed by atoms with van der Waals surface area (Å²) in [5.41, 5.74) is 0. The van der Waals surface area contributed by atoms with Crippen LogP contribution in [-0.2, 0) is 18.9 Å². The van der Waals surface area contributed by atoms with Gasteiger partial charge in [-0.1, -0.05) is 0 Å². The van der Waals surface area contributed by atoms with E-state index in [1.54, 1.807) is 13.8 Å². The van der Waals surface area contributed by atoms with Gasteiger partial charge in [-0.15, -0.1) is 0 Å². The minimum atomic E-state index is -2.97. The van der Waals surface area contributed by atoms with Gasteiger partial charge in [0.15, 0.2) is 0 Å². The van der Waals surface area contributed by atoms with Gasteiger partial charge in [0.1, 0.15) is 0 Å². The summed E-state index contributed by atoms with van der Waals surface area (Å²) < 4.78 is 50.6. The Labute approximate surface area is 129 Å². The third-order valence-electron chi connectivity index (χ3n) is 4.78. The van der Waals surface area contributed by atoms with Crippen LogP contribution in [0.25, 0.3) is 0 Å². The van der Waals surface area contributed by atoms with Gasteiger partial charge in [-0.3, -0.25) is 0 Å². The molecular formula is C13H23BF2N2O4. The Morgan fingerprint density at radius 1 is 1.18 bits per heavy atom. The van der Waals surface area contributed by atoms with E-state index < -0.39 is 35.6 Å². The van der Waals surface area contributed by atoms with Crippen molar-refractivity contribution in [2.75, 3.05) is 27.3 Å². The molecule has 2 heterocycles. The number of alkyl halides is 2. The van der Waals surface area contributed by atoms with E-state index >= 15 is 0 Å². The number of halogens is 2. The Morgan fingerprint density at radius 2 is 1.73 bits per heavy atom. The van der Waals surface area contributed by atoms with Gasteiger partial charge >= 0.3 is 129 Å². The van der Waals surface area contributed by atoms with Crippen LogP contribution in [0.4, 0.5) is 8.78 Å². The number of hydrogen-bond acceptors (Lipinski definition) is 5. The van der Waals surface area contributed by atoms with E-state index in [2.05, 4.69) is 0 Å². The molecule has 0 saturated carbocycles. The molecule has 0 aliphatic carbocycles. The van der Waals surface area contributed by atoms with E-state index in [0.29, 0.717) is 6.54 Å². The Balaban J connectivity index is 2.36. The molecule has 2 saturated heterocycles. The van der Waals surface area contributed by atoms with Crippen LogP contribution in [0.5, 0.6) is 0 Å². The summed E-state index contributed by atoms with van der Waals surface area (Å²) >= 11 is 0. The molecule has 6 nitrogen and oxygen atoms in total. The van der Waals surface area contributed by atoms with Crippen LogP contribution in [0.3, 0.4) is 0 Å². The number of nitrogens with one attached hydrogen (secondary N) is 1. The third kappa shape index (κ3) is 2.79. The molecule has 0 amide bonds. The van der Waals surface area contributed by atoms with Gasteiger partial charge < -0.3 is 0 Å². The molecule has 22 heavy (non-hydrogen) atoms. The van der Waals surface area contributed by atoms with Gasteiger partial charge in [0.2, 0.25) is 0 Å².